The maximum Gasteiger partial charge on any atom is 0.208 e. The number of unbranched alkanes of at least 4 members (excludes halogenated alkanes) is 1. The average Bonchev–Trinajstić information content (AvgIpc) is 4.00. The topological polar surface area (TPSA) is 125 Å². The smallest absolute Gasteiger partial charge is 0.208 e. The number of nitrogens with zero attached hydrogens (tertiary/aromatic N) is 9. The predicted molar refractivity (Wildman–Crippen MR) is 250 cm³/mol. The van der Waals surface area contributed by atoms with E-state index in [9.17, 15) is 0 Å². The molecule has 7 rings (SSSR count). The minimum absolute atomic E-state index is 0.521. The fourth-order valence-electron chi connectivity index (χ4n) is 8.71. The molecular weight excluding hydrogens is 745 g/mol. The second kappa shape index (κ2) is 18.6. The van der Waals surface area contributed by atoms with Crippen LogP contribution in [0.3, 0.4) is 0 Å². The van der Waals surface area contributed by atoms with Gasteiger partial charge in [-0.2, -0.15) is 10.2 Å². The number of benzene rings is 2. The molecule has 0 bridgehead atoms. The largest absolute Gasteiger partial charge is 0.399 e. The lowest BCUT2D eigenvalue weighted by atomic mass is 10.0. The Morgan fingerprint density at radius 2 is 1.25 bits per heavy atom. The molecule has 0 saturated carbocycles. The summed E-state index contributed by atoms with van der Waals surface area (Å²) in [5.41, 5.74) is 20.7. The number of allylic oxidation sites excluding steroid dienone is 2. The van der Waals surface area contributed by atoms with Crippen molar-refractivity contribution in [1.29, 1.82) is 0 Å². The molecule has 0 atom stereocenters. The molecule has 1 aliphatic rings. The van der Waals surface area contributed by atoms with E-state index >= 15 is 0 Å². The first-order valence-electron chi connectivity index (χ1n) is 21.8. The number of nitrogens with two attached hydrogens (primary N) is 1. The molecule has 0 unspecified atom stereocenters. The van der Waals surface area contributed by atoms with Crippen LogP contribution in [-0.2, 0) is 39.0 Å². The molecule has 1 aliphatic heterocycles. The van der Waals surface area contributed by atoms with Crippen molar-refractivity contribution in [3.8, 4) is 0 Å². The maximum absolute atomic E-state index is 6.22. The molecule has 0 spiro atoms. The highest BCUT2D eigenvalue weighted by molar-refractivity contribution is 5.88. The van der Waals surface area contributed by atoms with E-state index in [2.05, 4.69) is 125 Å². The molecule has 5 heterocycles. The Labute approximate surface area is 355 Å². The van der Waals surface area contributed by atoms with Crippen molar-refractivity contribution >= 4 is 51.1 Å². The number of imidazole rings is 2. The molecule has 12 heteroatoms. The number of hydrogen-bond donors (Lipinski definition) is 3. The molecule has 1 saturated heterocycles. The third-order valence-electron chi connectivity index (χ3n) is 11.6. The van der Waals surface area contributed by atoms with Crippen molar-refractivity contribution in [3.63, 3.8) is 0 Å². The normalized spacial score (nSPS) is 13.6. The number of nitrogens with one attached hydrogen (secondary N) is 2. The zero-order chi connectivity index (χ0) is 42.5. The highest BCUT2D eigenvalue weighted by atomic mass is 15.3. The zero-order valence-corrected chi connectivity index (χ0v) is 36.7. The second-order valence-electron chi connectivity index (χ2n) is 16.3. The van der Waals surface area contributed by atoms with Crippen LogP contribution in [-0.4, -0.2) is 63.2 Å². The SMILES string of the molecule is C=C(N)c1cc(CC)c2c(c1)nc(NC(=C)c1cc(C)nn1CC)n2C/C=C/Cn1c(NC(=C)c2cc(C)nn2CC)nc2cc(C)cc(CCCCN3CCCCC3)c21. The van der Waals surface area contributed by atoms with Gasteiger partial charge >= 0.3 is 0 Å². The number of hydrogen-bond acceptors (Lipinski definition) is 8. The summed E-state index contributed by atoms with van der Waals surface area (Å²) < 4.78 is 8.49. The van der Waals surface area contributed by atoms with Crippen molar-refractivity contribution in [2.75, 3.05) is 30.3 Å². The molecule has 1 fully saturated rings. The molecule has 12 nitrogen and oxygen atoms in total. The first-order chi connectivity index (χ1) is 29.0. The van der Waals surface area contributed by atoms with Crippen molar-refractivity contribution in [2.45, 2.75) is 113 Å². The average molecular weight is 809 g/mol. The minimum Gasteiger partial charge on any atom is -0.399 e. The summed E-state index contributed by atoms with van der Waals surface area (Å²) in [6, 6.07) is 12.8. The molecule has 316 valence electrons. The number of aryl methyl sites for hydroxylation is 7. The van der Waals surface area contributed by atoms with E-state index in [0.717, 1.165) is 106 Å². The van der Waals surface area contributed by atoms with Gasteiger partial charge in [-0.1, -0.05) is 51.3 Å². The lowest BCUT2D eigenvalue weighted by molar-refractivity contribution is 0.225. The summed E-state index contributed by atoms with van der Waals surface area (Å²) in [4.78, 5) is 13.0. The molecule has 2 aromatic carbocycles. The quantitative estimate of drug-likeness (QED) is 0.0546. The van der Waals surface area contributed by atoms with Gasteiger partial charge < -0.3 is 30.4 Å². The Balaban J connectivity index is 1.22. The Morgan fingerprint density at radius 3 is 1.78 bits per heavy atom. The van der Waals surface area contributed by atoms with Crippen LogP contribution in [0, 0.1) is 20.8 Å². The van der Waals surface area contributed by atoms with Crippen molar-refractivity contribution < 1.29 is 0 Å². The van der Waals surface area contributed by atoms with Crippen LogP contribution in [0.2, 0.25) is 0 Å². The zero-order valence-electron chi connectivity index (χ0n) is 36.7. The van der Waals surface area contributed by atoms with Gasteiger partial charge in [0.15, 0.2) is 0 Å². The first-order valence-corrected chi connectivity index (χ1v) is 21.8. The highest BCUT2D eigenvalue weighted by Gasteiger charge is 2.20. The molecule has 0 aliphatic carbocycles. The van der Waals surface area contributed by atoms with Gasteiger partial charge in [0.25, 0.3) is 0 Å². The monoisotopic (exact) mass is 809 g/mol. The number of rotatable bonds is 19. The van der Waals surface area contributed by atoms with Gasteiger partial charge in [-0.3, -0.25) is 9.36 Å². The van der Waals surface area contributed by atoms with E-state index in [-0.39, 0.29) is 0 Å². The first kappa shape index (κ1) is 42.3. The van der Waals surface area contributed by atoms with E-state index in [0.29, 0.717) is 24.7 Å². The fourth-order valence-corrected chi connectivity index (χ4v) is 8.71. The Hall–Kier alpha value is -5.88. The van der Waals surface area contributed by atoms with Gasteiger partial charge in [-0.15, -0.1) is 0 Å². The van der Waals surface area contributed by atoms with E-state index in [1.807, 2.05) is 29.3 Å². The van der Waals surface area contributed by atoms with Gasteiger partial charge in [0.1, 0.15) is 0 Å². The molecule has 4 N–H and O–H groups in total. The van der Waals surface area contributed by atoms with E-state index in [4.69, 9.17) is 15.7 Å². The van der Waals surface area contributed by atoms with Gasteiger partial charge in [0, 0.05) is 31.9 Å². The van der Waals surface area contributed by atoms with Gasteiger partial charge in [0.05, 0.1) is 56.2 Å². The summed E-state index contributed by atoms with van der Waals surface area (Å²) in [6.45, 7) is 31.8. The standard InChI is InChI=1S/C48H64N12/c1-10-38-30-40(35(7)49)31-42-45(38)57(48(53-42)51-37(9)44-29-34(6)55-60(44)12-3)24-18-19-25-58-46-39(20-14-17-23-56-21-15-13-16-22-56)26-32(4)27-41(46)52-47(58)50-36(8)43-28-33(5)54-59(43)11-2/h18-19,26-31H,7-17,20-25,49H2,1-6H3,(H,50,52)(H,51,53)/b19-18+. The Morgan fingerprint density at radius 1 is 0.700 bits per heavy atom. The lowest BCUT2D eigenvalue weighted by Crippen LogP contribution is -2.30. The molecule has 4 aromatic heterocycles. The van der Waals surface area contributed by atoms with Gasteiger partial charge in [-0.25, -0.2) is 9.97 Å². The lowest BCUT2D eigenvalue weighted by Gasteiger charge is -2.26. The van der Waals surface area contributed by atoms with E-state index in [1.165, 1.54) is 56.4 Å². The van der Waals surface area contributed by atoms with Crippen LogP contribution in [0.4, 0.5) is 11.9 Å². The van der Waals surface area contributed by atoms with Crippen LogP contribution >= 0.6 is 0 Å². The van der Waals surface area contributed by atoms with Crippen molar-refractivity contribution in [1.82, 2.24) is 43.6 Å². The summed E-state index contributed by atoms with van der Waals surface area (Å²) >= 11 is 0. The third-order valence-corrected chi connectivity index (χ3v) is 11.6. The van der Waals surface area contributed by atoms with Crippen molar-refractivity contribution in [3.05, 3.63) is 113 Å². The Bertz CT molecular complexity index is 2550. The minimum atomic E-state index is 0.521. The van der Waals surface area contributed by atoms with E-state index < -0.39 is 0 Å². The van der Waals surface area contributed by atoms with Crippen molar-refractivity contribution in [2.24, 2.45) is 5.73 Å². The molecule has 6 aromatic rings. The maximum atomic E-state index is 6.22. The van der Waals surface area contributed by atoms with Crippen LogP contribution < -0.4 is 16.4 Å². The molecular formula is C48H64N12. The number of fused-ring (bicyclic) bond motifs is 2. The third kappa shape index (κ3) is 9.13. The summed E-state index contributed by atoms with van der Waals surface area (Å²) in [5, 5.41) is 16.5. The molecule has 0 radical (unpaired) electrons. The highest BCUT2D eigenvalue weighted by Crippen LogP contribution is 2.31. The summed E-state index contributed by atoms with van der Waals surface area (Å²) in [6.07, 6.45) is 12.6. The number of piperidine rings is 1. The van der Waals surface area contributed by atoms with Crippen LogP contribution in [0.25, 0.3) is 39.2 Å². The summed E-state index contributed by atoms with van der Waals surface area (Å²) in [5.74, 6) is 1.46. The number of anilines is 2. The fraction of sp³-hybridized carbons (Fsp3) is 0.417. The molecule has 60 heavy (non-hydrogen) atoms. The Kier molecular flexibility index (Phi) is 13.1. The number of likely N-dealkylation sites (tertiary alicyclic amines) is 1. The second-order valence-corrected chi connectivity index (χ2v) is 16.3. The molecule has 0 amide bonds. The predicted octanol–water partition coefficient (Wildman–Crippen LogP) is 9.47. The van der Waals surface area contributed by atoms with Gasteiger partial charge in [-0.05, 0) is 145 Å². The van der Waals surface area contributed by atoms with Crippen LogP contribution in [0.1, 0.15) is 97.9 Å². The summed E-state index contributed by atoms with van der Waals surface area (Å²) in [7, 11) is 0. The van der Waals surface area contributed by atoms with Crippen LogP contribution in [0.5, 0.6) is 0 Å². The van der Waals surface area contributed by atoms with Gasteiger partial charge in [0.2, 0.25) is 11.9 Å². The number of aromatic nitrogens is 8. The van der Waals surface area contributed by atoms with E-state index in [1.54, 1.807) is 0 Å². The van der Waals surface area contributed by atoms with Crippen LogP contribution in [0.15, 0.2) is 68.3 Å².